The predicted molar refractivity (Wildman–Crippen MR) is 37.9 cm³/mol. The second-order valence-corrected chi connectivity index (χ2v) is 2.11. The van der Waals surface area contributed by atoms with E-state index >= 15 is 0 Å². The molecule has 3 N–H and O–H groups in total. The maximum Gasteiger partial charge on any atom is 0.325 e. The van der Waals surface area contributed by atoms with E-state index in [0.29, 0.717) is 6.61 Å². The smallest absolute Gasteiger partial charge is 0.325 e. The van der Waals surface area contributed by atoms with Crippen molar-refractivity contribution in [3.63, 3.8) is 0 Å². The Morgan fingerprint density at radius 1 is 1.73 bits per heavy atom. The van der Waals surface area contributed by atoms with Gasteiger partial charge in [0.2, 0.25) is 0 Å². The van der Waals surface area contributed by atoms with Gasteiger partial charge in [0.1, 0.15) is 0 Å². The predicted octanol–water partition coefficient (Wildman–Crippen LogP) is -0.639. The van der Waals surface area contributed by atoms with Crippen molar-refractivity contribution >= 4 is 5.97 Å². The summed E-state index contributed by atoms with van der Waals surface area (Å²) in [4.78, 5) is 15.0. The van der Waals surface area contributed by atoms with Crippen LogP contribution in [0.5, 0.6) is 0 Å². The Hall–Kier alpha value is -0.650. The molecule has 0 rings (SSSR count). The summed E-state index contributed by atoms with van der Waals surface area (Å²) in [5.41, 5.74) is 2.22. The van der Waals surface area contributed by atoms with Gasteiger partial charge in [0, 0.05) is 0 Å². The summed E-state index contributed by atoms with van der Waals surface area (Å²) in [5.74, 6) is -1.13. The van der Waals surface area contributed by atoms with Crippen LogP contribution in [-0.4, -0.2) is 34.9 Å². The van der Waals surface area contributed by atoms with Crippen LogP contribution in [0, 0.1) is 0 Å². The van der Waals surface area contributed by atoms with Crippen LogP contribution < -0.4 is 5.48 Å². The topological polar surface area (TPSA) is 78.8 Å². The second kappa shape index (κ2) is 5.06. The van der Waals surface area contributed by atoms with Crippen LogP contribution >= 0.6 is 0 Å². The van der Waals surface area contributed by atoms with Crippen molar-refractivity contribution in [2.24, 2.45) is 0 Å². The molecule has 5 heteroatoms. The third-order valence-electron chi connectivity index (χ3n) is 1.10. The molecule has 66 valence electrons. The third-order valence-corrected chi connectivity index (χ3v) is 1.10. The summed E-state index contributed by atoms with van der Waals surface area (Å²) in [6.07, 6.45) is -0.973. The summed E-state index contributed by atoms with van der Waals surface area (Å²) >= 11 is 0. The lowest BCUT2D eigenvalue weighted by Crippen LogP contribution is -2.44. The molecule has 0 amide bonds. The summed E-state index contributed by atoms with van der Waals surface area (Å²) in [5, 5.41) is 17.4. The van der Waals surface area contributed by atoms with Gasteiger partial charge in [-0.25, -0.2) is 0 Å². The van der Waals surface area contributed by atoms with Gasteiger partial charge in [-0.1, -0.05) is 0 Å². The molecule has 0 aliphatic rings. The highest BCUT2D eigenvalue weighted by Crippen LogP contribution is 1.92. The van der Waals surface area contributed by atoms with Crippen LogP contribution in [0.25, 0.3) is 0 Å². The van der Waals surface area contributed by atoms with E-state index in [9.17, 15) is 4.79 Å². The normalized spacial score (nSPS) is 15.9. The molecule has 5 nitrogen and oxygen atoms in total. The molecule has 0 aliphatic heterocycles. The molecule has 0 saturated carbocycles. The first-order valence-corrected chi connectivity index (χ1v) is 3.37. The molecule has 0 aromatic carbocycles. The first kappa shape index (κ1) is 10.3. The van der Waals surface area contributed by atoms with Crippen molar-refractivity contribution in [2.75, 3.05) is 6.61 Å². The largest absolute Gasteiger partial charge is 0.480 e. The molecule has 0 aliphatic carbocycles. The van der Waals surface area contributed by atoms with E-state index < -0.39 is 18.1 Å². The van der Waals surface area contributed by atoms with Gasteiger partial charge in [0.25, 0.3) is 0 Å². The zero-order valence-corrected chi connectivity index (χ0v) is 6.57. The quantitative estimate of drug-likeness (QED) is 0.470. The number of carboxylic acids is 1. The third kappa shape index (κ3) is 3.92. The number of carbonyl (C=O) groups is 1. The molecule has 0 heterocycles. The van der Waals surface area contributed by atoms with Crippen molar-refractivity contribution in [1.29, 1.82) is 0 Å². The number of aliphatic carboxylic acids is 1. The lowest BCUT2D eigenvalue weighted by Gasteiger charge is -2.15. The molecule has 0 aromatic rings. The molecule has 2 atom stereocenters. The minimum atomic E-state index is -1.13. The average Bonchev–Trinajstić information content (AvgIpc) is 1.87. The molecular weight excluding hydrogens is 150 g/mol. The number of aliphatic hydroxyl groups excluding tert-OH is 1. The van der Waals surface area contributed by atoms with E-state index in [-0.39, 0.29) is 0 Å². The maximum absolute atomic E-state index is 10.3. The first-order chi connectivity index (χ1) is 5.09. The van der Waals surface area contributed by atoms with E-state index in [1.54, 1.807) is 6.92 Å². The first-order valence-electron chi connectivity index (χ1n) is 3.37. The zero-order valence-electron chi connectivity index (χ0n) is 6.57. The second-order valence-electron chi connectivity index (χ2n) is 2.11. The van der Waals surface area contributed by atoms with E-state index in [1.165, 1.54) is 6.92 Å². The molecule has 0 spiro atoms. The lowest BCUT2D eigenvalue weighted by atomic mass is 10.2. The summed E-state index contributed by atoms with van der Waals surface area (Å²) < 4.78 is 0. The van der Waals surface area contributed by atoms with E-state index in [1.807, 2.05) is 0 Å². The van der Waals surface area contributed by atoms with Crippen LogP contribution in [0.2, 0.25) is 0 Å². The highest BCUT2D eigenvalue weighted by molar-refractivity contribution is 5.73. The lowest BCUT2D eigenvalue weighted by molar-refractivity contribution is -0.148. The number of carboxylic acid groups (broad SMARTS) is 1. The van der Waals surface area contributed by atoms with E-state index in [4.69, 9.17) is 10.2 Å². The fourth-order valence-corrected chi connectivity index (χ4v) is 0.528. The minimum absolute atomic E-state index is 0.358. The molecule has 11 heavy (non-hydrogen) atoms. The van der Waals surface area contributed by atoms with Crippen LogP contribution in [0.3, 0.4) is 0 Å². The zero-order chi connectivity index (χ0) is 8.85. The van der Waals surface area contributed by atoms with Gasteiger partial charge >= 0.3 is 5.97 Å². The van der Waals surface area contributed by atoms with Gasteiger partial charge < -0.3 is 15.1 Å². The highest BCUT2D eigenvalue weighted by Gasteiger charge is 2.22. The van der Waals surface area contributed by atoms with Crippen molar-refractivity contribution in [3.05, 3.63) is 0 Å². The Bertz CT molecular complexity index is 126. The van der Waals surface area contributed by atoms with Gasteiger partial charge in [-0.05, 0) is 13.8 Å². The van der Waals surface area contributed by atoms with E-state index in [2.05, 4.69) is 10.3 Å². The Balaban J connectivity index is 3.80. The number of hydrogen-bond donors (Lipinski definition) is 3. The standard InChI is InChI=1S/C6H13NO4/c1-3-11-7-5(4(2)8)6(9)10/h4-5,7-8H,3H2,1-2H3,(H,9,10). The fourth-order valence-electron chi connectivity index (χ4n) is 0.528. The van der Waals surface area contributed by atoms with Crippen LogP contribution in [0.1, 0.15) is 13.8 Å². The monoisotopic (exact) mass is 163 g/mol. The average molecular weight is 163 g/mol. The van der Waals surface area contributed by atoms with Gasteiger partial charge in [0.05, 0.1) is 12.7 Å². The molecule has 0 aromatic heterocycles. The number of rotatable bonds is 5. The molecule has 0 bridgehead atoms. The molecular formula is C6H13NO4. The van der Waals surface area contributed by atoms with Crippen molar-refractivity contribution < 1.29 is 19.8 Å². The number of hydroxylamine groups is 1. The molecule has 0 radical (unpaired) electrons. The van der Waals surface area contributed by atoms with Crippen molar-refractivity contribution in [1.82, 2.24) is 5.48 Å². The van der Waals surface area contributed by atoms with E-state index in [0.717, 1.165) is 0 Å². The van der Waals surface area contributed by atoms with Gasteiger partial charge in [-0.15, -0.1) is 0 Å². The Labute approximate surface area is 64.9 Å². The SMILES string of the molecule is CCONC(C(=O)O)C(C)O. The molecule has 0 saturated heterocycles. The van der Waals surface area contributed by atoms with Gasteiger partial charge in [-0.3, -0.25) is 4.79 Å². The number of aliphatic hydroxyl groups is 1. The Morgan fingerprint density at radius 3 is 2.55 bits per heavy atom. The minimum Gasteiger partial charge on any atom is -0.480 e. The molecule has 2 unspecified atom stereocenters. The summed E-state index contributed by atoms with van der Waals surface area (Å²) in [6, 6.07) is -1.06. The number of nitrogens with one attached hydrogen (secondary N) is 1. The molecule has 0 fully saturated rings. The Morgan fingerprint density at radius 2 is 2.27 bits per heavy atom. The van der Waals surface area contributed by atoms with Crippen LogP contribution in [0.4, 0.5) is 0 Å². The summed E-state index contributed by atoms with van der Waals surface area (Å²) in [6.45, 7) is 3.45. The van der Waals surface area contributed by atoms with Gasteiger partial charge in [0.15, 0.2) is 6.04 Å². The Kier molecular flexibility index (Phi) is 4.76. The summed E-state index contributed by atoms with van der Waals surface area (Å²) in [7, 11) is 0. The maximum atomic E-state index is 10.3. The highest BCUT2D eigenvalue weighted by atomic mass is 16.6. The van der Waals surface area contributed by atoms with Crippen molar-refractivity contribution in [3.8, 4) is 0 Å². The van der Waals surface area contributed by atoms with Crippen molar-refractivity contribution in [2.45, 2.75) is 26.0 Å². The van der Waals surface area contributed by atoms with Crippen LogP contribution in [-0.2, 0) is 9.63 Å². The van der Waals surface area contributed by atoms with Gasteiger partial charge in [-0.2, -0.15) is 5.48 Å². The van der Waals surface area contributed by atoms with Crippen LogP contribution in [0.15, 0.2) is 0 Å². The fraction of sp³-hybridized carbons (Fsp3) is 0.833. The number of hydrogen-bond acceptors (Lipinski definition) is 4.